The van der Waals surface area contributed by atoms with E-state index in [0.29, 0.717) is 57.2 Å². The summed E-state index contributed by atoms with van der Waals surface area (Å²) < 4.78 is 27.7. The minimum atomic E-state index is -1.08. The molecular weight excluding hydrogens is 560 g/mol. The number of nitrogens with two attached hydrogens (primary N) is 1. The molecule has 0 spiro atoms. The van der Waals surface area contributed by atoms with Gasteiger partial charge in [0.2, 0.25) is 0 Å². The molecule has 3 saturated carbocycles. The maximum Gasteiger partial charge on any atom is 0.150 e. The van der Waals surface area contributed by atoms with E-state index >= 15 is 0 Å². The van der Waals surface area contributed by atoms with Crippen LogP contribution in [0.15, 0.2) is 34.9 Å². The van der Waals surface area contributed by atoms with Crippen LogP contribution in [-0.4, -0.2) is 21.4 Å². The van der Waals surface area contributed by atoms with E-state index in [9.17, 15) is 9.50 Å². The second-order valence-corrected chi connectivity index (χ2v) is 12.9. The molecule has 204 valence electrons. The van der Waals surface area contributed by atoms with Crippen molar-refractivity contribution in [3.05, 3.63) is 68.1 Å². The number of benzene rings is 2. The molecule has 6 nitrogen and oxygen atoms in total. The number of aromatic nitrogens is 2. The van der Waals surface area contributed by atoms with Crippen molar-refractivity contribution < 1.29 is 18.8 Å². The SMILES string of the molecule is NCc1cc(F)c2nc([C@]3(O)[C@@H]4CC[C@H]3C[C@H](OCc3c(-c5c(Cl)cccc5Cl)noc3C3CC3)C4)sc2c1. The minimum absolute atomic E-state index is 0.0123. The average molecular weight is 589 g/mol. The van der Waals surface area contributed by atoms with Crippen LogP contribution in [0.2, 0.25) is 10.0 Å². The van der Waals surface area contributed by atoms with Crippen LogP contribution in [0, 0.1) is 17.7 Å². The highest BCUT2D eigenvalue weighted by molar-refractivity contribution is 7.18. The summed E-state index contributed by atoms with van der Waals surface area (Å²) in [6.07, 6.45) is 5.26. The van der Waals surface area contributed by atoms with Crippen LogP contribution >= 0.6 is 34.5 Å². The molecule has 2 aromatic heterocycles. The maximum absolute atomic E-state index is 14.7. The molecule has 4 atom stereocenters. The van der Waals surface area contributed by atoms with E-state index in [1.165, 1.54) is 17.4 Å². The van der Waals surface area contributed by atoms with Crippen molar-refractivity contribution in [1.29, 1.82) is 0 Å². The Hall–Kier alpha value is -2.07. The fourth-order valence-electron chi connectivity index (χ4n) is 6.57. The monoisotopic (exact) mass is 587 g/mol. The van der Waals surface area contributed by atoms with Crippen LogP contribution in [0.25, 0.3) is 21.5 Å². The van der Waals surface area contributed by atoms with Gasteiger partial charge in [0.05, 0.1) is 27.5 Å². The molecule has 3 N–H and O–H groups in total. The molecular formula is C29H28Cl2FN3O3S. The smallest absolute Gasteiger partial charge is 0.150 e. The quantitative estimate of drug-likeness (QED) is 0.235. The number of hydrogen-bond donors (Lipinski definition) is 2. The summed E-state index contributed by atoms with van der Waals surface area (Å²) in [4.78, 5) is 4.60. The van der Waals surface area contributed by atoms with Gasteiger partial charge in [-0.15, -0.1) is 11.3 Å². The van der Waals surface area contributed by atoms with Gasteiger partial charge in [0, 0.05) is 23.6 Å². The number of aliphatic hydroxyl groups is 1. The number of hydrogen-bond acceptors (Lipinski definition) is 7. The lowest BCUT2D eigenvalue weighted by molar-refractivity contribution is -0.116. The zero-order valence-electron chi connectivity index (χ0n) is 21.1. The summed E-state index contributed by atoms with van der Waals surface area (Å²) in [5.74, 6) is 0.782. The van der Waals surface area contributed by atoms with Crippen molar-refractivity contribution >= 4 is 44.8 Å². The first-order valence-electron chi connectivity index (χ1n) is 13.4. The second-order valence-electron chi connectivity index (χ2n) is 11.1. The van der Waals surface area contributed by atoms with Gasteiger partial charge >= 0.3 is 0 Å². The number of ether oxygens (including phenoxy) is 1. The van der Waals surface area contributed by atoms with Gasteiger partial charge in [0.15, 0.2) is 5.82 Å². The Balaban J connectivity index is 1.13. The fraction of sp³-hybridized carbons (Fsp3) is 0.448. The van der Waals surface area contributed by atoms with E-state index in [-0.39, 0.29) is 24.5 Å². The lowest BCUT2D eigenvalue weighted by atomic mass is 9.73. The van der Waals surface area contributed by atoms with E-state index in [1.54, 1.807) is 12.1 Å². The average Bonchev–Trinajstić information content (AvgIpc) is 3.49. The van der Waals surface area contributed by atoms with Gasteiger partial charge in [-0.3, -0.25) is 0 Å². The van der Waals surface area contributed by atoms with Crippen molar-refractivity contribution in [2.45, 2.75) is 69.3 Å². The molecule has 4 aromatic rings. The Morgan fingerprint density at radius 1 is 1.13 bits per heavy atom. The second kappa shape index (κ2) is 9.79. The highest BCUT2D eigenvalue weighted by Crippen LogP contribution is 2.57. The van der Waals surface area contributed by atoms with E-state index in [0.717, 1.165) is 47.3 Å². The number of nitrogens with zero attached hydrogens (tertiary/aromatic N) is 2. The van der Waals surface area contributed by atoms with Crippen LogP contribution in [0.3, 0.4) is 0 Å². The van der Waals surface area contributed by atoms with Crippen LogP contribution in [-0.2, 0) is 23.5 Å². The molecule has 3 fully saturated rings. The van der Waals surface area contributed by atoms with Crippen LogP contribution in [0.4, 0.5) is 4.39 Å². The lowest BCUT2D eigenvalue weighted by Crippen LogP contribution is -2.44. The number of fused-ring (bicyclic) bond motifs is 3. The third-order valence-corrected chi connectivity index (χ3v) is 10.5. The summed E-state index contributed by atoms with van der Waals surface area (Å²) in [7, 11) is 0. The molecule has 7 rings (SSSR count). The van der Waals surface area contributed by atoms with Crippen LogP contribution in [0.1, 0.15) is 66.3 Å². The standard InChI is InChI=1S/C29H28Cl2FN3O3S/c30-20-2-1-3-21(31)24(20)25-19(27(38-35-25)15-4-5-15)13-37-18-10-16-6-7-17(11-18)29(16,36)28-34-26-22(32)8-14(12-33)9-23(26)39-28/h1-3,8-9,15-18,36H,4-7,10-13,33H2/t16-,17+,18-,29+. The molecule has 3 aliphatic rings. The van der Waals surface area contributed by atoms with Crippen LogP contribution in [0.5, 0.6) is 0 Å². The van der Waals surface area contributed by atoms with Gasteiger partial charge in [-0.25, -0.2) is 9.37 Å². The van der Waals surface area contributed by atoms with E-state index in [1.807, 2.05) is 12.1 Å². The third kappa shape index (κ3) is 4.31. The largest absolute Gasteiger partial charge is 0.382 e. The molecule has 0 unspecified atom stereocenters. The predicted molar refractivity (Wildman–Crippen MR) is 149 cm³/mol. The highest BCUT2D eigenvalue weighted by Gasteiger charge is 2.56. The molecule has 0 aliphatic heterocycles. The summed E-state index contributed by atoms with van der Waals surface area (Å²) in [5.41, 5.74) is 7.89. The van der Waals surface area contributed by atoms with Crippen molar-refractivity contribution in [1.82, 2.24) is 10.1 Å². The van der Waals surface area contributed by atoms with Gasteiger partial charge in [-0.05, 0) is 80.2 Å². The van der Waals surface area contributed by atoms with Crippen molar-refractivity contribution in [3.8, 4) is 11.3 Å². The lowest BCUT2D eigenvalue weighted by Gasteiger charge is -2.41. The first-order chi connectivity index (χ1) is 18.9. The molecule has 0 saturated heterocycles. The maximum atomic E-state index is 14.7. The normalized spacial score (nSPS) is 26.5. The number of rotatable bonds is 7. The Morgan fingerprint density at radius 2 is 1.85 bits per heavy atom. The first-order valence-corrected chi connectivity index (χ1v) is 15.0. The number of thiazole rings is 1. The molecule has 2 heterocycles. The van der Waals surface area contributed by atoms with Gasteiger partial charge in [-0.2, -0.15) is 0 Å². The van der Waals surface area contributed by atoms with Gasteiger partial charge < -0.3 is 20.1 Å². The summed E-state index contributed by atoms with van der Waals surface area (Å²) in [6, 6.07) is 8.70. The Kier molecular flexibility index (Phi) is 6.49. The first kappa shape index (κ1) is 25.9. The van der Waals surface area contributed by atoms with E-state index < -0.39 is 11.4 Å². The van der Waals surface area contributed by atoms with Gasteiger partial charge in [-0.1, -0.05) is 34.4 Å². The molecule has 39 heavy (non-hydrogen) atoms. The summed E-state index contributed by atoms with van der Waals surface area (Å²) in [5, 5.41) is 18.0. The summed E-state index contributed by atoms with van der Waals surface area (Å²) in [6.45, 7) is 0.594. The topological polar surface area (TPSA) is 94.4 Å². The van der Waals surface area contributed by atoms with Crippen molar-refractivity contribution in [2.75, 3.05) is 0 Å². The van der Waals surface area contributed by atoms with Gasteiger partial charge in [0.25, 0.3) is 0 Å². The molecule has 10 heteroatoms. The van der Waals surface area contributed by atoms with E-state index in [2.05, 4.69) is 10.1 Å². The Morgan fingerprint density at radius 3 is 2.51 bits per heavy atom. The molecule has 2 bridgehead atoms. The highest BCUT2D eigenvalue weighted by atomic mass is 35.5. The minimum Gasteiger partial charge on any atom is -0.382 e. The predicted octanol–water partition coefficient (Wildman–Crippen LogP) is 7.33. The van der Waals surface area contributed by atoms with Crippen molar-refractivity contribution in [2.24, 2.45) is 17.6 Å². The van der Waals surface area contributed by atoms with Gasteiger partial charge in [0.1, 0.15) is 27.6 Å². The Bertz CT molecular complexity index is 1530. The summed E-state index contributed by atoms with van der Waals surface area (Å²) >= 11 is 14.4. The number of halogens is 3. The fourth-order valence-corrected chi connectivity index (χ4v) is 8.44. The zero-order chi connectivity index (χ0) is 26.9. The third-order valence-electron chi connectivity index (χ3n) is 8.72. The molecule has 0 amide bonds. The van der Waals surface area contributed by atoms with Crippen molar-refractivity contribution in [3.63, 3.8) is 0 Å². The molecule has 0 radical (unpaired) electrons. The zero-order valence-corrected chi connectivity index (χ0v) is 23.5. The van der Waals surface area contributed by atoms with Crippen LogP contribution < -0.4 is 5.73 Å². The Labute approximate surface area is 239 Å². The van der Waals surface area contributed by atoms with E-state index in [4.69, 9.17) is 38.2 Å². The molecule has 2 aromatic carbocycles. The molecule has 3 aliphatic carbocycles.